The number of ether oxygens (including phenoxy) is 2. The fraction of sp³-hybridized carbons (Fsp3) is 0.206. The number of rotatable bonds is 11. The summed E-state index contributed by atoms with van der Waals surface area (Å²) in [5.74, 6) is -1.76. The fourth-order valence-electron chi connectivity index (χ4n) is 5.34. The van der Waals surface area contributed by atoms with Crippen molar-refractivity contribution in [3.05, 3.63) is 111 Å². The van der Waals surface area contributed by atoms with Gasteiger partial charge in [-0.15, -0.1) is 0 Å². The normalized spacial score (nSPS) is 14.2. The lowest BCUT2D eigenvalue weighted by molar-refractivity contribution is -0.140. The fourth-order valence-corrected chi connectivity index (χ4v) is 5.57. The lowest BCUT2D eigenvalue weighted by atomic mass is 9.96. The van der Waals surface area contributed by atoms with Crippen molar-refractivity contribution in [3.8, 4) is 40.5 Å². The van der Waals surface area contributed by atoms with Crippen molar-refractivity contribution in [2.75, 3.05) is 6.61 Å². The average Bonchev–Trinajstić information content (AvgIpc) is 3.45. The molecule has 45 heavy (non-hydrogen) atoms. The molecule has 1 aliphatic carbocycles. The quantitative estimate of drug-likeness (QED) is 0.162. The van der Waals surface area contributed by atoms with Gasteiger partial charge in [-0.1, -0.05) is 41.9 Å². The van der Waals surface area contributed by atoms with E-state index in [0.29, 0.717) is 57.7 Å². The molecule has 5 rings (SSSR count). The van der Waals surface area contributed by atoms with E-state index in [1.54, 1.807) is 48.5 Å². The molecule has 4 aromatic carbocycles. The van der Waals surface area contributed by atoms with Crippen LogP contribution in [0.2, 0.25) is 5.02 Å². The largest absolute Gasteiger partial charge is 0.505 e. The van der Waals surface area contributed by atoms with Gasteiger partial charge in [0.25, 0.3) is 0 Å². The van der Waals surface area contributed by atoms with E-state index in [4.69, 9.17) is 21.1 Å². The van der Waals surface area contributed by atoms with Crippen LogP contribution in [-0.2, 0) is 24.4 Å². The molecule has 1 aliphatic rings. The van der Waals surface area contributed by atoms with Crippen LogP contribution in [0.25, 0.3) is 11.1 Å². The molecule has 0 unspecified atom stereocenters. The second-order valence-corrected chi connectivity index (χ2v) is 10.8. The minimum atomic E-state index is -1.23. The maximum atomic E-state index is 14.8. The van der Waals surface area contributed by atoms with E-state index in [2.05, 4.69) is 5.32 Å². The van der Waals surface area contributed by atoms with Crippen LogP contribution in [0.5, 0.6) is 17.2 Å². The molecular weight excluding hydrogens is 601 g/mol. The van der Waals surface area contributed by atoms with Crippen molar-refractivity contribution < 1.29 is 34.0 Å². The van der Waals surface area contributed by atoms with Crippen LogP contribution in [0.4, 0.5) is 4.39 Å². The van der Waals surface area contributed by atoms with Gasteiger partial charge in [0.2, 0.25) is 0 Å². The van der Waals surface area contributed by atoms with Crippen molar-refractivity contribution in [2.24, 2.45) is 0 Å². The Morgan fingerprint density at radius 2 is 1.76 bits per heavy atom. The number of aliphatic hydroxyl groups excluding tert-OH is 1. The molecule has 0 heterocycles. The Morgan fingerprint density at radius 3 is 2.44 bits per heavy atom. The van der Waals surface area contributed by atoms with Gasteiger partial charge in [-0.05, 0) is 65.4 Å². The summed E-state index contributed by atoms with van der Waals surface area (Å²) in [4.78, 5) is 11.4. The number of carboxylic acids is 1. The van der Waals surface area contributed by atoms with Crippen LogP contribution in [0, 0.1) is 28.5 Å². The van der Waals surface area contributed by atoms with Crippen LogP contribution in [0.1, 0.15) is 45.9 Å². The average molecular weight is 628 g/mol. The summed E-state index contributed by atoms with van der Waals surface area (Å²) < 4.78 is 27.3. The first kappa shape index (κ1) is 31.3. The summed E-state index contributed by atoms with van der Waals surface area (Å²) in [7, 11) is 0. The van der Waals surface area contributed by atoms with Gasteiger partial charge in [-0.2, -0.15) is 10.5 Å². The Kier molecular flexibility index (Phi) is 9.50. The third-order valence-corrected chi connectivity index (χ3v) is 7.83. The SMILES string of the molecule is N#Cc1cc(C#N)cc(COc2cc(O[C@H]3CCc4c(-c5cccc(O)c5F)cccc43)c(Cl)cc2CN[C@@H](CO)C(=O)O)c1. The summed E-state index contributed by atoms with van der Waals surface area (Å²) >= 11 is 6.66. The Hall–Kier alpha value is -5.13. The smallest absolute Gasteiger partial charge is 0.323 e. The van der Waals surface area contributed by atoms with Crippen LogP contribution in [0.3, 0.4) is 0 Å². The van der Waals surface area contributed by atoms with Crippen LogP contribution in [0.15, 0.2) is 66.7 Å². The van der Waals surface area contributed by atoms with Crippen molar-refractivity contribution in [1.82, 2.24) is 5.32 Å². The number of hydrogen-bond donors (Lipinski definition) is 4. The predicted molar refractivity (Wildman–Crippen MR) is 162 cm³/mol. The molecule has 0 fully saturated rings. The number of nitrogens with zero attached hydrogens (tertiary/aromatic N) is 2. The highest BCUT2D eigenvalue weighted by molar-refractivity contribution is 6.32. The summed E-state index contributed by atoms with van der Waals surface area (Å²) in [5, 5.41) is 50.4. The van der Waals surface area contributed by atoms with E-state index in [-0.39, 0.29) is 18.2 Å². The minimum absolute atomic E-state index is 0.0142. The summed E-state index contributed by atoms with van der Waals surface area (Å²) in [6.07, 6.45) is 0.755. The first-order chi connectivity index (χ1) is 21.7. The predicted octanol–water partition coefficient (Wildman–Crippen LogP) is 5.78. The highest BCUT2D eigenvalue weighted by atomic mass is 35.5. The van der Waals surface area contributed by atoms with Gasteiger partial charge in [0.15, 0.2) is 11.6 Å². The van der Waals surface area contributed by atoms with Crippen molar-refractivity contribution in [2.45, 2.75) is 38.1 Å². The van der Waals surface area contributed by atoms with Gasteiger partial charge in [0.05, 0.1) is 34.9 Å². The molecule has 0 saturated heterocycles. The molecule has 0 aliphatic heterocycles. The van der Waals surface area contributed by atoms with Crippen LogP contribution in [-0.4, -0.2) is 33.9 Å². The number of phenolic OH excluding ortho intramolecular Hbond substituents is 1. The topological polar surface area (TPSA) is 156 Å². The third kappa shape index (κ3) is 6.84. The Labute approximate surface area is 263 Å². The van der Waals surface area contributed by atoms with E-state index in [0.717, 1.165) is 11.1 Å². The lowest BCUT2D eigenvalue weighted by Crippen LogP contribution is -2.39. The second kappa shape index (κ2) is 13.7. The Balaban J connectivity index is 1.45. The molecule has 0 radical (unpaired) electrons. The number of nitriles is 2. The zero-order valence-electron chi connectivity index (χ0n) is 23.8. The zero-order valence-corrected chi connectivity index (χ0v) is 24.5. The third-order valence-electron chi connectivity index (χ3n) is 7.53. The Bertz CT molecular complexity index is 1820. The number of carboxylic acid groups (broad SMARTS) is 1. The van der Waals surface area contributed by atoms with E-state index in [1.807, 2.05) is 18.2 Å². The molecule has 2 atom stereocenters. The highest BCUT2D eigenvalue weighted by Gasteiger charge is 2.29. The Morgan fingerprint density at radius 1 is 1.04 bits per heavy atom. The number of nitrogens with one attached hydrogen (secondary N) is 1. The molecule has 0 saturated carbocycles. The maximum Gasteiger partial charge on any atom is 0.323 e. The second-order valence-electron chi connectivity index (χ2n) is 10.4. The molecule has 9 nitrogen and oxygen atoms in total. The molecule has 4 aromatic rings. The zero-order chi connectivity index (χ0) is 32.1. The van der Waals surface area contributed by atoms with Gasteiger partial charge >= 0.3 is 5.97 Å². The molecule has 0 spiro atoms. The van der Waals surface area contributed by atoms with Gasteiger partial charge < -0.3 is 24.8 Å². The number of aliphatic hydroxyl groups is 1. The molecule has 4 N–H and O–H groups in total. The first-order valence-corrected chi connectivity index (χ1v) is 14.3. The van der Waals surface area contributed by atoms with E-state index in [1.165, 1.54) is 12.1 Å². The number of halogens is 2. The van der Waals surface area contributed by atoms with Crippen molar-refractivity contribution >= 4 is 17.6 Å². The van der Waals surface area contributed by atoms with Crippen LogP contribution >= 0.6 is 11.6 Å². The lowest BCUT2D eigenvalue weighted by Gasteiger charge is -2.20. The summed E-state index contributed by atoms with van der Waals surface area (Å²) in [5.41, 5.74) is 4.35. The molecular formula is C34H27ClFN3O6. The highest BCUT2D eigenvalue weighted by Crippen LogP contribution is 2.43. The molecule has 0 bridgehead atoms. The number of aromatic hydroxyl groups is 1. The molecule has 11 heteroatoms. The van der Waals surface area contributed by atoms with Gasteiger partial charge in [-0.25, -0.2) is 4.39 Å². The summed E-state index contributed by atoms with van der Waals surface area (Å²) in [6, 6.07) is 20.6. The number of hydrogen-bond acceptors (Lipinski definition) is 8. The first-order valence-electron chi connectivity index (χ1n) is 13.9. The molecule has 228 valence electrons. The number of fused-ring (bicyclic) bond motifs is 1. The number of carbonyl (C=O) groups is 1. The van der Waals surface area contributed by atoms with Crippen LogP contribution < -0.4 is 14.8 Å². The number of benzene rings is 4. The van der Waals surface area contributed by atoms with Crippen molar-refractivity contribution in [3.63, 3.8) is 0 Å². The minimum Gasteiger partial charge on any atom is -0.505 e. The number of phenols is 1. The van der Waals surface area contributed by atoms with Gasteiger partial charge in [0, 0.05) is 23.7 Å². The van der Waals surface area contributed by atoms with Crippen molar-refractivity contribution in [1.29, 1.82) is 10.5 Å². The summed E-state index contributed by atoms with van der Waals surface area (Å²) in [6.45, 7) is -0.667. The maximum absolute atomic E-state index is 14.8. The monoisotopic (exact) mass is 627 g/mol. The van der Waals surface area contributed by atoms with E-state index < -0.39 is 36.3 Å². The van der Waals surface area contributed by atoms with E-state index >= 15 is 0 Å². The number of aliphatic carboxylic acids is 1. The van der Waals surface area contributed by atoms with Gasteiger partial charge in [0.1, 0.15) is 30.3 Å². The molecule has 0 aromatic heterocycles. The van der Waals surface area contributed by atoms with Gasteiger partial charge in [-0.3, -0.25) is 10.1 Å². The molecule has 0 amide bonds. The van der Waals surface area contributed by atoms with E-state index in [9.17, 15) is 35.0 Å². The standard InChI is InChI=1S/C34H27ClFN3O6/c35-27-12-22(16-39-28(17-40)34(42)43)31(44-18-21-10-19(14-37)9-20(11-21)15-38)13-32(27)45-30-8-7-24-23(3-1-4-25(24)30)26-5-2-6-29(41)33(26)36/h1-6,9-13,28,30,39-41H,7-8,16-18H2,(H,42,43)/t28-,30-/m0/s1.